The number of allylic oxidation sites excluding steroid dienone is 2. The van der Waals surface area contributed by atoms with Gasteiger partial charge in [0, 0.05) is 47.2 Å². The number of esters is 1. The quantitative estimate of drug-likeness (QED) is 0.0603. The van der Waals surface area contributed by atoms with Gasteiger partial charge in [0.25, 0.3) is 0 Å². The number of aromatic nitrogens is 2. The van der Waals surface area contributed by atoms with Gasteiger partial charge in [0.1, 0.15) is 40.2 Å². The van der Waals surface area contributed by atoms with Crippen molar-refractivity contribution in [2.24, 2.45) is 11.8 Å². The Labute approximate surface area is 391 Å². The van der Waals surface area contributed by atoms with Crippen molar-refractivity contribution in [3.63, 3.8) is 0 Å². The van der Waals surface area contributed by atoms with Crippen LogP contribution in [-0.2, 0) is 29.8 Å². The van der Waals surface area contributed by atoms with Gasteiger partial charge in [-0.15, -0.1) is 11.3 Å². The number of ketones is 1. The first-order valence-electron chi connectivity index (χ1n) is 22.8. The maximum Gasteiger partial charge on any atom is 0.306 e. The first-order valence-corrected chi connectivity index (χ1v) is 25.9. The molecule has 4 aromatic rings. The highest BCUT2D eigenvalue weighted by Gasteiger charge is 2.65. The summed E-state index contributed by atoms with van der Waals surface area (Å²) in [5.74, 6) is -6.24. The van der Waals surface area contributed by atoms with Crippen LogP contribution < -0.4 is 14.8 Å². The number of amides is 1. The molecule has 2 aromatic carbocycles. The Balaban J connectivity index is 1.15. The number of hydrogen-bond donors (Lipinski definition) is 2. The summed E-state index contributed by atoms with van der Waals surface area (Å²) in [7, 11) is -3.18. The van der Waals surface area contributed by atoms with E-state index in [0.29, 0.717) is 70.3 Å². The summed E-state index contributed by atoms with van der Waals surface area (Å²) >= 11 is 8.27. The molecule has 1 unspecified atom stereocenters. The van der Waals surface area contributed by atoms with Crippen LogP contribution >= 0.6 is 30.3 Å². The number of rotatable bonds is 12. The number of fused-ring (bicyclic) bond motifs is 3. The number of methoxy groups -OCH3 is 1. The normalized spacial score (nSPS) is 25.4. The molecule has 66 heavy (non-hydrogen) atoms. The van der Waals surface area contributed by atoms with Crippen LogP contribution in [0.15, 0.2) is 47.9 Å². The smallest absolute Gasteiger partial charge is 0.306 e. The third-order valence-corrected chi connectivity index (χ3v) is 17.3. The van der Waals surface area contributed by atoms with Crippen molar-refractivity contribution in [3.8, 4) is 22.9 Å². The number of nitrogens with zero attached hydrogens (tertiary/aromatic N) is 3. The van der Waals surface area contributed by atoms with E-state index >= 15 is 8.78 Å². The van der Waals surface area contributed by atoms with Crippen LogP contribution in [0.5, 0.6) is 11.5 Å². The number of hydrogen-bond acceptors (Lipinski definition) is 11. The van der Waals surface area contributed by atoms with E-state index in [4.69, 9.17) is 35.8 Å². The van der Waals surface area contributed by atoms with Crippen molar-refractivity contribution in [2.75, 3.05) is 19.0 Å². The molecular formula is C48H55ClF3N4O8PS. The van der Waals surface area contributed by atoms with Gasteiger partial charge in [-0.2, -0.15) is 0 Å². The molecule has 2 N–H and O–H groups in total. The van der Waals surface area contributed by atoms with Gasteiger partial charge in [0.05, 0.1) is 48.6 Å². The lowest BCUT2D eigenvalue weighted by atomic mass is 9.94. The van der Waals surface area contributed by atoms with E-state index in [9.17, 15) is 28.2 Å². The molecule has 4 aliphatic rings. The first-order chi connectivity index (χ1) is 31.6. The lowest BCUT2D eigenvalue weighted by Gasteiger charge is -2.30. The van der Waals surface area contributed by atoms with Gasteiger partial charge in [0.2, 0.25) is 13.3 Å². The van der Waals surface area contributed by atoms with Crippen LogP contribution in [-0.4, -0.2) is 80.5 Å². The zero-order valence-electron chi connectivity index (χ0n) is 37.2. The maximum absolute atomic E-state index is 15.0. The SMILES string of the molecule is COc1ccc2c(O[C@@H]3C[C@H]4C(=O)C[C@]5(P(=O)(O)Cc6c(F)ccc(F)c6F)C[C@@H]5/C=C\CCCCC[C@H](CC(=O)OC5CCCC5)C(=O)N4C3)cc(-c3csc(NC(C)C)n3)nc2c1Cl. The van der Waals surface area contributed by atoms with Gasteiger partial charge in [0.15, 0.2) is 22.5 Å². The second-order valence-electron chi connectivity index (χ2n) is 18.4. The molecule has 2 aliphatic heterocycles. The van der Waals surface area contributed by atoms with Crippen molar-refractivity contribution in [3.05, 3.63) is 75.9 Å². The fourth-order valence-corrected chi connectivity index (χ4v) is 13.5. The fourth-order valence-electron chi connectivity index (χ4n) is 9.79. The van der Waals surface area contributed by atoms with E-state index in [2.05, 4.69) is 5.32 Å². The fraction of sp³-hybridized carbons (Fsp3) is 0.521. The standard InChI is InChI=1S/C48H55ClF3N4O8PS/c1-27(2)53-47-55-37(26-66-47)36-21-41(32-15-18-40(62-3)43(49)45(32)54-36)63-31-20-38-39(57)23-48(65(60,61)25-33-34(50)16-17-35(51)44(33)52)22-29(48)12-8-6-4-5-7-11-28(46(59)56(38)24-31)19-42(58)64-30-13-9-10-14-30/h8,12,15-18,21,26-31,38H,4-7,9-11,13-14,19-20,22-25H2,1-3H3,(H,53,55)(H,60,61)/b12-8-/t28-,29+,31-,38+,48-/m1/s1. The van der Waals surface area contributed by atoms with Crippen molar-refractivity contribution < 1.29 is 51.2 Å². The van der Waals surface area contributed by atoms with Gasteiger partial charge in [-0.05, 0) is 95.4 Å². The third-order valence-electron chi connectivity index (χ3n) is 13.4. The summed E-state index contributed by atoms with van der Waals surface area (Å²) in [5.41, 5.74) is 0.505. The molecule has 6 atom stereocenters. The summed E-state index contributed by atoms with van der Waals surface area (Å²) in [6, 6.07) is 5.44. The number of carbonyl (C=O) groups is 3. The Morgan fingerprint density at radius 1 is 1.02 bits per heavy atom. The minimum atomic E-state index is -4.67. The van der Waals surface area contributed by atoms with Gasteiger partial charge in [-0.3, -0.25) is 18.9 Å². The molecule has 1 amide bonds. The van der Waals surface area contributed by atoms with Crippen molar-refractivity contribution in [2.45, 2.75) is 133 Å². The minimum absolute atomic E-state index is 0.0223. The van der Waals surface area contributed by atoms with Crippen molar-refractivity contribution >= 4 is 64.0 Å². The molecule has 0 radical (unpaired) electrons. The topological polar surface area (TPSA) is 157 Å². The van der Waals surface area contributed by atoms with E-state index < -0.39 is 89.8 Å². The van der Waals surface area contributed by atoms with Gasteiger partial charge in [-0.25, -0.2) is 23.1 Å². The molecule has 18 heteroatoms. The summed E-state index contributed by atoms with van der Waals surface area (Å²) in [6.45, 7) is 3.93. The van der Waals surface area contributed by atoms with Crippen LogP contribution in [0.4, 0.5) is 18.3 Å². The zero-order chi connectivity index (χ0) is 46.9. The van der Waals surface area contributed by atoms with E-state index in [1.165, 1.54) is 23.3 Å². The molecule has 12 nitrogen and oxygen atoms in total. The largest absolute Gasteiger partial charge is 0.495 e. The highest BCUT2D eigenvalue weighted by atomic mass is 35.5. The second-order valence-corrected chi connectivity index (χ2v) is 22.3. The number of pyridine rings is 1. The molecule has 4 heterocycles. The molecule has 2 aromatic heterocycles. The summed E-state index contributed by atoms with van der Waals surface area (Å²) in [5, 5.41) is 4.97. The van der Waals surface area contributed by atoms with E-state index in [1.54, 1.807) is 24.3 Å². The molecule has 2 saturated carbocycles. The molecule has 0 bridgehead atoms. The molecule has 2 aliphatic carbocycles. The predicted octanol–water partition coefficient (Wildman–Crippen LogP) is 10.8. The van der Waals surface area contributed by atoms with Crippen LogP contribution in [0.25, 0.3) is 22.3 Å². The van der Waals surface area contributed by atoms with Gasteiger partial charge < -0.3 is 29.3 Å². The number of nitrogens with one attached hydrogen (secondary N) is 1. The third kappa shape index (κ3) is 10.2. The highest BCUT2D eigenvalue weighted by Crippen LogP contribution is 2.74. The van der Waals surface area contributed by atoms with Crippen LogP contribution in [0.2, 0.25) is 5.02 Å². The number of Topliss-reactive ketones (excluding diaryl/α,β-unsaturated/α-hetero) is 1. The number of anilines is 1. The van der Waals surface area contributed by atoms with Gasteiger partial charge in [-0.1, -0.05) is 36.6 Å². The van der Waals surface area contributed by atoms with E-state index in [1.807, 2.05) is 25.3 Å². The number of ether oxygens (including phenoxy) is 3. The monoisotopic (exact) mass is 970 g/mol. The summed E-state index contributed by atoms with van der Waals surface area (Å²) < 4.78 is 77.1. The maximum atomic E-state index is 15.0. The number of halogens is 4. The number of thiazole rings is 1. The lowest BCUT2D eigenvalue weighted by molar-refractivity contribution is -0.154. The van der Waals surface area contributed by atoms with E-state index in [-0.39, 0.29) is 43.0 Å². The zero-order valence-corrected chi connectivity index (χ0v) is 39.7. The Kier molecular flexibility index (Phi) is 14.5. The highest BCUT2D eigenvalue weighted by molar-refractivity contribution is 7.59. The summed E-state index contributed by atoms with van der Waals surface area (Å²) in [4.78, 5) is 66.2. The molecule has 0 spiro atoms. The summed E-state index contributed by atoms with van der Waals surface area (Å²) in [6.07, 6.45) is 7.50. The molecule has 8 rings (SSSR count). The van der Waals surface area contributed by atoms with Gasteiger partial charge >= 0.3 is 5.97 Å². The molecule has 3 fully saturated rings. The van der Waals surface area contributed by atoms with Crippen molar-refractivity contribution in [1.29, 1.82) is 0 Å². The Hall–Kier alpha value is -4.50. The average Bonchev–Trinajstić information content (AvgIpc) is 3.69. The number of carbonyl (C=O) groups excluding carboxylic acids is 3. The molecular weight excluding hydrogens is 916 g/mol. The van der Waals surface area contributed by atoms with Crippen molar-refractivity contribution in [1.82, 2.24) is 14.9 Å². The number of benzene rings is 2. The molecule has 1 saturated heterocycles. The predicted molar refractivity (Wildman–Crippen MR) is 247 cm³/mol. The van der Waals surface area contributed by atoms with Crippen LogP contribution in [0, 0.1) is 29.3 Å². The lowest BCUT2D eigenvalue weighted by Crippen LogP contribution is -2.45. The van der Waals surface area contributed by atoms with Crippen LogP contribution in [0.1, 0.15) is 103 Å². The van der Waals surface area contributed by atoms with Crippen LogP contribution in [0.3, 0.4) is 0 Å². The average molecular weight is 971 g/mol. The Morgan fingerprint density at radius 3 is 2.53 bits per heavy atom. The minimum Gasteiger partial charge on any atom is -0.495 e. The Bertz CT molecular complexity index is 2570. The Morgan fingerprint density at radius 2 is 1.77 bits per heavy atom. The van der Waals surface area contributed by atoms with E-state index in [0.717, 1.165) is 38.5 Å². The second kappa shape index (κ2) is 20.0. The first kappa shape index (κ1) is 48.0. The molecule has 354 valence electrons.